The van der Waals surface area contributed by atoms with Crippen LogP contribution < -0.4 is 0 Å². The number of hydrogen-bond donors (Lipinski definition) is 0. The summed E-state index contributed by atoms with van der Waals surface area (Å²) >= 11 is 11.0. The van der Waals surface area contributed by atoms with Gasteiger partial charge in [0, 0.05) is 0 Å². The SMILES string of the molecule is O=Cc1ccc(Cl)c(Cl)n1. The predicted molar refractivity (Wildman–Crippen MR) is 39.6 cm³/mol. The van der Waals surface area contributed by atoms with Gasteiger partial charge in [-0.3, -0.25) is 4.79 Å². The minimum absolute atomic E-state index is 0.159. The second kappa shape index (κ2) is 2.99. The smallest absolute Gasteiger partial charge is 0.168 e. The summed E-state index contributed by atoms with van der Waals surface area (Å²) in [7, 11) is 0. The molecule has 2 nitrogen and oxygen atoms in total. The molecule has 0 fully saturated rings. The lowest BCUT2D eigenvalue weighted by Gasteiger charge is -1.92. The lowest BCUT2D eigenvalue weighted by atomic mass is 10.4. The van der Waals surface area contributed by atoms with Gasteiger partial charge in [-0.2, -0.15) is 0 Å². The molecule has 0 aliphatic rings. The van der Waals surface area contributed by atoms with Crippen LogP contribution >= 0.6 is 23.2 Å². The van der Waals surface area contributed by atoms with Crippen LogP contribution in [0.2, 0.25) is 10.2 Å². The number of aldehydes is 1. The van der Waals surface area contributed by atoms with Crippen molar-refractivity contribution in [2.45, 2.75) is 0 Å². The van der Waals surface area contributed by atoms with Crippen LogP contribution in [0.5, 0.6) is 0 Å². The van der Waals surface area contributed by atoms with Crippen molar-refractivity contribution in [2.24, 2.45) is 0 Å². The fraction of sp³-hybridized carbons (Fsp3) is 0. The van der Waals surface area contributed by atoms with E-state index in [0.29, 0.717) is 11.3 Å². The lowest BCUT2D eigenvalue weighted by molar-refractivity contribution is 0.111. The number of hydrogen-bond acceptors (Lipinski definition) is 2. The van der Waals surface area contributed by atoms with E-state index >= 15 is 0 Å². The Hall–Kier alpha value is -0.600. The molecule has 1 aromatic heterocycles. The van der Waals surface area contributed by atoms with E-state index in [1.165, 1.54) is 12.1 Å². The average Bonchev–Trinajstić information content (AvgIpc) is 1.95. The Labute approximate surface area is 67.8 Å². The summed E-state index contributed by atoms with van der Waals surface area (Å²) in [6.45, 7) is 0. The molecule has 0 aliphatic carbocycles. The molecule has 0 unspecified atom stereocenters. The van der Waals surface area contributed by atoms with Gasteiger partial charge in [0.05, 0.1) is 5.02 Å². The van der Waals surface area contributed by atoms with Crippen LogP contribution in [0.1, 0.15) is 10.5 Å². The summed E-state index contributed by atoms with van der Waals surface area (Å²) in [5, 5.41) is 0.513. The first kappa shape index (κ1) is 7.51. The first-order chi connectivity index (χ1) is 4.74. The predicted octanol–water partition coefficient (Wildman–Crippen LogP) is 2.20. The standard InChI is InChI=1S/C6H3Cl2NO/c7-5-2-1-4(3-10)9-6(5)8/h1-3H. The van der Waals surface area contributed by atoms with Gasteiger partial charge in [-0.15, -0.1) is 0 Å². The van der Waals surface area contributed by atoms with Crippen LogP contribution in [0, 0.1) is 0 Å². The summed E-state index contributed by atoms with van der Waals surface area (Å²) in [4.78, 5) is 13.8. The molecular formula is C6H3Cl2NO. The first-order valence-corrected chi connectivity index (χ1v) is 3.27. The van der Waals surface area contributed by atoms with E-state index in [1.807, 2.05) is 0 Å². The van der Waals surface area contributed by atoms with Crippen molar-refractivity contribution in [2.75, 3.05) is 0 Å². The highest BCUT2D eigenvalue weighted by atomic mass is 35.5. The monoisotopic (exact) mass is 175 g/mol. The van der Waals surface area contributed by atoms with Gasteiger partial charge in [0.15, 0.2) is 6.29 Å². The summed E-state index contributed by atoms with van der Waals surface area (Å²) in [6, 6.07) is 3.03. The Bertz CT molecular complexity index is 262. The van der Waals surface area contributed by atoms with E-state index in [0.717, 1.165) is 0 Å². The van der Waals surface area contributed by atoms with Gasteiger partial charge in [0.25, 0.3) is 0 Å². The van der Waals surface area contributed by atoms with Crippen molar-refractivity contribution in [3.05, 3.63) is 28.0 Å². The fourth-order valence-electron chi connectivity index (χ4n) is 0.497. The maximum Gasteiger partial charge on any atom is 0.168 e. The summed E-state index contributed by atoms with van der Waals surface area (Å²) < 4.78 is 0. The number of nitrogens with zero attached hydrogens (tertiary/aromatic N) is 1. The third-order valence-electron chi connectivity index (χ3n) is 0.946. The van der Waals surface area contributed by atoms with Crippen molar-refractivity contribution in [1.29, 1.82) is 0 Å². The Morgan fingerprint density at radius 2 is 2.10 bits per heavy atom. The second-order valence-electron chi connectivity index (χ2n) is 1.63. The highest BCUT2D eigenvalue weighted by Gasteiger charge is 1.98. The number of carbonyl (C=O) groups is 1. The number of rotatable bonds is 1. The van der Waals surface area contributed by atoms with Crippen LogP contribution in [-0.4, -0.2) is 11.3 Å². The van der Waals surface area contributed by atoms with Gasteiger partial charge in [0.1, 0.15) is 10.8 Å². The molecule has 0 atom stereocenters. The van der Waals surface area contributed by atoms with Crippen LogP contribution in [-0.2, 0) is 0 Å². The molecule has 0 N–H and O–H groups in total. The Kier molecular flexibility index (Phi) is 2.25. The van der Waals surface area contributed by atoms with Gasteiger partial charge in [-0.1, -0.05) is 23.2 Å². The van der Waals surface area contributed by atoms with E-state index < -0.39 is 0 Å². The average molecular weight is 176 g/mol. The number of halogens is 2. The molecule has 1 rings (SSSR count). The molecular weight excluding hydrogens is 173 g/mol. The van der Waals surface area contributed by atoms with E-state index in [-0.39, 0.29) is 10.8 Å². The van der Waals surface area contributed by atoms with Gasteiger partial charge >= 0.3 is 0 Å². The topological polar surface area (TPSA) is 30.0 Å². The number of pyridine rings is 1. The van der Waals surface area contributed by atoms with E-state index in [9.17, 15) is 4.79 Å². The molecule has 0 bridgehead atoms. The molecule has 0 aliphatic heterocycles. The zero-order valence-electron chi connectivity index (χ0n) is 4.84. The largest absolute Gasteiger partial charge is 0.296 e. The fourth-order valence-corrected chi connectivity index (χ4v) is 0.763. The van der Waals surface area contributed by atoms with E-state index in [4.69, 9.17) is 23.2 Å². The van der Waals surface area contributed by atoms with Crippen molar-refractivity contribution in [3.63, 3.8) is 0 Å². The number of aromatic nitrogens is 1. The molecule has 0 saturated carbocycles. The maximum atomic E-state index is 10.1. The maximum absolute atomic E-state index is 10.1. The summed E-state index contributed by atoms with van der Waals surface area (Å²) in [5.74, 6) is 0. The molecule has 52 valence electrons. The van der Waals surface area contributed by atoms with E-state index in [1.54, 1.807) is 0 Å². The van der Waals surface area contributed by atoms with Crippen molar-refractivity contribution < 1.29 is 4.79 Å². The molecule has 1 aromatic rings. The van der Waals surface area contributed by atoms with Gasteiger partial charge in [-0.05, 0) is 12.1 Å². The molecule has 1 heterocycles. The molecule has 4 heteroatoms. The third kappa shape index (κ3) is 1.46. The zero-order valence-corrected chi connectivity index (χ0v) is 6.36. The summed E-state index contributed by atoms with van der Waals surface area (Å²) in [6.07, 6.45) is 0.613. The molecule has 0 amide bonds. The normalized spacial score (nSPS) is 9.40. The van der Waals surface area contributed by atoms with Crippen LogP contribution in [0.25, 0.3) is 0 Å². The highest BCUT2D eigenvalue weighted by Crippen LogP contribution is 2.17. The third-order valence-corrected chi connectivity index (χ3v) is 1.64. The van der Waals surface area contributed by atoms with Gasteiger partial charge in [-0.25, -0.2) is 4.98 Å². The minimum Gasteiger partial charge on any atom is -0.296 e. The Morgan fingerprint density at radius 3 is 2.60 bits per heavy atom. The second-order valence-corrected chi connectivity index (χ2v) is 2.39. The molecule has 0 radical (unpaired) electrons. The Balaban J connectivity index is 3.16. The Morgan fingerprint density at radius 1 is 1.40 bits per heavy atom. The quantitative estimate of drug-likeness (QED) is 0.484. The molecule has 0 spiro atoms. The van der Waals surface area contributed by atoms with Crippen molar-refractivity contribution in [1.82, 2.24) is 4.98 Å². The van der Waals surface area contributed by atoms with Gasteiger partial charge < -0.3 is 0 Å². The minimum atomic E-state index is 0.159. The molecule has 10 heavy (non-hydrogen) atoms. The van der Waals surface area contributed by atoms with E-state index in [2.05, 4.69) is 4.98 Å². The zero-order chi connectivity index (χ0) is 7.56. The highest BCUT2D eigenvalue weighted by molar-refractivity contribution is 6.41. The van der Waals surface area contributed by atoms with Crippen molar-refractivity contribution >= 4 is 29.5 Å². The van der Waals surface area contributed by atoms with Crippen molar-refractivity contribution in [3.8, 4) is 0 Å². The molecule has 0 saturated heterocycles. The van der Waals surface area contributed by atoms with Crippen LogP contribution in [0.4, 0.5) is 0 Å². The van der Waals surface area contributed by atoms with Crippen LogP contribution in [0.3, 0.4) is 0 Å². The number of carbonyl (C=O) groups excluding carboxylic acids is 1. The lowest BCUT2D eigenvalue weighted by Crippen LogP contribution is -1.85. The van der Waals surface area contributed by atoms with Gasteiger partial charge in [0.2, 0.25) is 0 Å². The van der Waals surface area contributed by atoms with Crippen LogP contribution in [0.15, 0.2) is 12.1 Å². The summed E-state index contributed by atoms with van der Waals surface area (Å²) in [5.41, 5.74) is 0.286. The molecule has 0 aromatic carbocycles. The first-order valence-electron chi connectivity index (χ1n) is 2.51.